The van der Waals surface area contributed by atoms with Crippen LogP contribution in [-0.4, -0.2) is 48.1 Å². The lowest BCUT2D eigenvalue weighted by Crippen LogP contribution is -2.62. The smallest absolute Gasteiger partial charge is 0.254 e. The predicted molar refractivity (Wildman–Crippen MR) is 113 cm³/mol. The first-order valence-corrected chi connectivity index (χ1v) is 11.3. The first-order chi connectivity index (χ1) is 14.0. The van der Waals surface area contributed by atoms with Gasteiger partial charge in [0.05, 0.1) is 17.6 Å². The Hall–Kier alpha value is -1.88. The van der Waals surface area contributed by atoms with Crippen LogP contribution in [0.1, 0.15) is 80.6 Å². The van der Waals surface area contributed by atoms with Crippen molar-refractivity contribution in [2.75, 3.05) is 19.7 Å². The van der Waals surface area contributed by atoms with Crippen LogP contribution in [0.3, 0.4) is 0 Å². The molecule has 5 nitrogen and oxygen atoms in total. The molecule has 0 radical (unpaired) electrons. The van der Waals surface area contributed by atoms with Gasteiger partial charge >= 0.3 is 0 Å². The Labute approximate surface area is 174 Å². The second kappa shape index (κ2) is 8.47. The van der Waals surface area contributed by atoms with E-state index in [-0.39, 0.29) is 23.8 Å². The summed E-state index contributed by atoms with van der Waals surface area (Å²) in [7, 11) is 0. The number of rotatable bonds is 6. The molecule has 1 N–H and O–H groups in total. The summed E-state index contributed by atoms with van der Waals surface area (Å²) in [5.41, 5.74) is 1.18. The molecule has 1 aromatic rings. The maximum Gasteiger partial charge on any atom is 0.254 e. The van der Waals surface area contributed by atoms with Gasteiger partial charge in [-0.3, -0.25) is 9.59 Å². The van der Waals surface area contributed by atoms with Crippen molar-refractivity contribution in [1.29, 1.82) is 0 Å². The Morgan fingerprint density at radius 3 is 2.69 bits per heavy atom. The van der Waals surface area contributed by atoms with E-state index in [0.717, 1.165) is 57.1 Å². The third-order valence-corrected chi connectivity index (χ3v) is 6.98. The molecule has 0 aromatic heterocycles. The molecule has 158 valence electrons. The zero-order valence-corrected chi connectivity index (χ0v) is 17.8. The van der Waals surface area contributed by atoms with E-state index in [1.807, 2.05) is 29.2 Å². The van der Waals surface area contributed by atoms with Gasteiger partial charge in [-0.1, -0.05) is 44.9 Å². The number of fused-ring (bicyclic) bond motifs is 1. The van der Waals surface area contributed by atoms with E-state index in [1.54, 1.807) is 0 Å². The molecule has 2 aliphatic heterocycles. The first-order valence-electron chi connectivity index (χ1n) is 11.3. The van der Waals surface area contributed by atoms with Gasteiger partial charge in [-0.2, -0.15) is 0 Å². The van der Waals surface area contributed by atoms with E-state index in [0.29, 0.717) is 24.6 Å². The van der Waals surface area contributed by atoms with Crippen molar-refractivity contribution in [3.63, 3.8) is 0 Å². The van der Waals surface area contributed by atoms with E-state index in [2.05, 4.69) is 19.2 Å². The van der Waals surface area contributed by atoms with Gasteiger partial charge in [-0.15, -0.1) is 0 Å². The second-order valence-electron chi connectivity index (χ2n) is 9.36. The van der Waals surface area contributed by atoms with E-state index in [1.165, 1.54) is 0 Å². The molecule has 1 saturated carbocycles. The number of carbonyl (C=O) groups is 2. The zero-order valence-electron chi connectivity index (χ0n) is 17.8. The summed E-state index contributed by atoms with van der Waals surface area (Å²) in [5.74, 6) is 0.397. The number of hydrogen-bond acceptors (Lipinski definition) is 3. The number of hydrogen-bond donors (Lipinski definition) is 1. The number of nitrogens with zero attached hydrogens (tertiary/aromatic N) is 1. The summed E-state index contributed by atoms with van der Waals surface area (Å²) in [5, 5.41) is 3.20. The van der Waals surface area contributed by atoms with E-state index in [4.69, 9.17) is 4.74 Å². The lowest BCUT2D eigenvalue weighted by atomic mass is 9.71. The van der Waals surface area contributed by atoms with Crippen LogP contribution in [0.25, 0.3) is 0 Å². The fourth-order valence-electron chi connectivity index (χ4n) is 5.51. The largest absolute Gasteiger partial charge is 0.376 e. The maximum atomic E-state index is 13.6. The molecule has 3 aliphatic rings. The van der Waals surface area contributed by atoms with Crippen LogP contribution in [0.2, 0.25) is 0 Å². The van der Waals surface area contributed by atoms with Crippen molar-refractivity contribution in [2.45, 2.75) is 76.4 Å². The molecule has 2 fully saturated rings. The zero-order chi connectivity index (χ0) is 20.4. The highest BCUT2D eigenvalue weighted by Crippen LogP contribution is 2.50. The highest BCUT2D eigenvalue weighted by Gasteiger charge is 2.55. The summed E-state index contributed by atoms with van der Waals surface area (Å²) >= 11 is 0. The van der Waals surface area contributed by atoms with Crippen LogP contribution >= 0.6 is 0 Å². The minimum Gasteiger partial charge on any atom is -0.376 e. The minimum absolute atomic E-state index is 0.0734. The Balaban J connectivity index is 1.70. The summed E-state index contributed by atoms with van der Waals surface area (Å²) in [4.78, 5) is 29.1. The average Bonchev–Trinajstić information content (AvgIpc) is 3.38. The van der Waals surface area contributed by atoms with Crippen molar-refractivity contribution < 1.29 is 14.3 Å². The van der Waals surface area contributed by atoms with Crippen molar-refractivity contribution in [3.05, 3.63) is 35.4 Å². The van der Waals surface area contributed by atoms with Crippen LogP contribution < -0.4 is 5.32 Å². The summed E-state index contributed by atoms with van der Waals surface area (Å²) in [6.07, 6.45) is 7.00. The SMILES string of the molecule is CC(C)CCNC(=O)C1c2ccccc2C(=O)N(CC2CCCO2)C12CCCC2. The van der Waals surface area contributed by atoms with Crippen molar-refractivity contribution >= 4 is 11.8 Å². The fourth-order valence-corrected chi connectivity index (χ4v) is 5.51. The Kier molecular flexibility index (Phi) is 5.95. The highest BCUT2D eigenvalue weighted by molar-refractivity contribution is 6.02. The summed E-state index contributed by atoms with van der Waals surface area (Å²) in [6.45, 7) is 6.40. The molecule has 1 saturated heterocycles. The fraction of sp³-hybridized carbons (Fsp3) is 0.667. The Morgan fingerprint density at radius 1 is 1.24 bits per heavy atom. The van der Waals surface area contributed by atoms with Gasteiger partial charge in [0.15, 0.2) is 0 Å². The molecule has 2 atom stereocenters. The number of nitrogens with one attached hydrogen (secondary N) is 1. The van der Waals surface area contributed by atoms with Gasteiger partial charge in [0.25, 0.3) is 5.91 Å². The van der Waals surface area contributed by atoms with Crippen LogP contribution in [0, 0.1) is 5.92 Å². The molecule has 0 bridgehead atoms. The maximum absolute atomic E-state index is 13.6. The molecule has 1 aromatic carbocycles. The van der Waals surface area contributed by atoms with E-state index in [9.17, 15) is 9.59 Å². The van der Waals surface area contributed by atoms with Crippen LogP contribution in [0.4, 0.5) is 0 Å². The Bertz CT molecular complexity index is 748. The molecule has 2 heterocycles. The second-order valence-corrected chi connectivity index (χ2v) is 9.36. The first kappa shape index (κ1) is 20.4. The normalized spacial score (nSPS) is 25.6. The molecular weight excluding hydrogens is 364 g/mol. The van der Waals surface area contributed by atoms with Gasteiger partial charge in [0.2, 0.25) is 5.91 Å². The van der Waals surface area contributed by atoms with Crippen LogP contribution in [0.5, 0.6) is 0 Å². The van der Waals surface area contributed by atoms with Crippen molar-refractivity contribution in [3.8, 4) is 0 Å². The standard InChI is InChI=1S/C24H34N2O3/c1-17(2)11-14-25-22(27)21-19-9-3-4-10-20(19)23(28)26(16-18-8-7-15-29-18)24(21)12-5-6-13-24/h3-4,9-10,17-18,21H,5-8,11-16H2,1-2H3,(H,25,27). The molecule has 2 amide bonds. The number of amides is 2. The predicted octanol–water partition coefficient (Wildman–Crippen LogP) is 3.88. The molecule has 4 rings (SSSR count). The van der Waals surface area contributed by atoms with Gasteiger partial charge in [-0.25, -0.2) is 0 Å². The molecule has 1 aliphatic carbocycles. The van der Waals surface area contributed by atoms with E-state index < -0.39 is 5.54 Å². The quantitative estimate of drug-likeness (QED) is 0.791. The molecule has 5 heteroatoms. The minimum atomic E-state index is -0.417. The highest BCUT2D eigenvalue weighted by atomic mass is 16.5. The van der Waals surface area contributed by atoms with E-state index >= 15 is 0 Å². The van der Waals surface area contributed by atoms with Crippen molar-refractivity contribution in [1.82, 2.24) is 10.2 Å². The molecule has 1 spiro atoms. The lowest BCUT2D eigenvalue weighted by molar-refractivity contribution is -0.126. The monoisotopic (exact) mass is 398 g/mol. The van der Waals surface area contributed by atoms with Crippen LogP contribution in [-0.2, 0) is 9.53 Å². The Morgan fingerprint density at radius 2 is 2.00 bits per heavy atom. The summed E-state index contributed by atoms with van der Waals surface area (Å²) in [6, 6.07) is 7.74. The molecule has 29 heavy (non-hydrogen) atoms. The van der Waals surface area contributed by atoms with Gasteiger partial charge in [0, 0.05) is 25.3 Å². The third kappa shape index (κ3) is 3.81. The summed E-state index contributed by atoms with van der Waals surface area (Å²) < 4.78 is 5.89. The van der Waals surface area contributed by atoms with Crippen LogP contribution in [0.15, 0.2) is 24.3 Å². The van der Waals surface area contributed by atoms with Crippen molar-refractivity contribution in [2.24, 2.45) is 5.92 Å². The number of ether oxygens (including phenoxy) is 1. The average molecular weight is 399 g/mol. The number of carbonyl (C=O) groups excluding carboxylic acids is 2. The molecule has 2 unspecified atom stereocenters. The third-order valence-electron chi connectivity index (χ3n) is 6.98. The van der Waals surface area contributed by atoms with Gasteiger partial charge in [0.1, 0.15) is 0 Å². The molecular formula is C24H34N2O3. The van der Waals surface area contributed by atoms with Gasteiger partial charge in [-0.05, 0) is 49.7 Å². The topological polar surface area (TPSA) is 58.6 Å². The lowest BCUT2D eigenvalue weighted by Gasteiger charge is -2.50. The number of benzene rings is 1. The van der Waals surface area contributed by atoms with Gasteiger partial charge < -0.3 is 15.0 Å².